The maximum absolute atomic E-state index is 14.0. The van der Waals surface area contributed by atoms with Crippen LogP contribution in [0.15, 0.2) is 12.1 Å². The molecule has 2 aliphatic heterocycles. The summed E-state index contributed by atoms with van der Waals surface area (Å²) in [7, 11) is 1.97. The van der Waals surface area contributed by atoms with Gasteiger partial charge in [-0.05, 0) is 47.8 Å². The van der Waals surface area contributed by atoms with Gasteiger partial charge in [0.1, 0.15) is 12.1 Å². The summed E-state index contributed by atoms with van der Waals surface area (Å²) < 4.78 is 236. The standard InChI is InChI=1S/C24H38N2O4/c1-14(2)9-17-13-26-8-7-16-10-21(28-5)22(29-6)11-18(16)19(26)12-20(17)30-24(27)23(25)15(3)4/h10-11,14-15,17,19-20,23H,7-9,12-13,25H2,1-6H3/t17?,19?,20?,23-/m0/s1/i1D3,2D3,3D3,4D3,9D2,10D,11D,12D2,13D2,14D,15D,17D,19D,20D,23D. The number of fused-ring (bicyclic) bond motifs is 3. The second-order valence-corrected chi connectivity index (χ2v) is 6.04. The van der Waals surface area contributed by atoms with Crippen LogP contribution in [0.2, 0.25) is 0 Å². The Hall–Kier alpha value is -1.79. The largest absolute Gasteiger partial charge is 0.493 e. The van der Waals surface area contributed by atoms with Crippen molar-refractivity contribution >= 4 is 5.97 Å². The van der Waals surface area contributed by atoms with E-state index in [9.17, 15) is 14.4 Å². The monoisotopic (exact) mass is 444 g/mol. The first-order valence-corrected chi connectivity index (χ1v) is 8.49. The van der Waals surface area contributed by atoms with Gasteiger partial charge in [0, 0.05) is 60.1 Å². The van der Waals surface area contributed by atoms with Crippen molar-refractivity contribution in [2.45, 2.75) is 64.7 Å². The highest BCUT2D eigenvalue weighted by Gasteiger charge is 2.41. The van der Waals surface area contributed by atoms with E-state index in [1.807, 2.05) is 0 Å². The van der Waals surface area contributed by atoms with Gasteiger partial charge >= 0.3 is 5.97 Å². The summed E-state index contributed by atoms with van der Waals surface area (Å²) in [4.78, 5) is 14.0. The van der Waals surface area contributed by atoms with Gasteiger partial charge in [-0.3, -0.25) is 9.69 Å². The molecular weight excluding hydrogens is 380 g/mol. The quantitative estimate of drug-likeness (QED) is 0.648. The molecule has 3 rings (SSSR count). The summed E-state index contributed by atoms with van der Waals surface area (Å²) in [6, 6.07) is -10.2. The van der Waals surface area contributed by atoms with Crippen molar-refractivity contribution in [2.24, 2.45) is 23.4 Å². The smallest absolute Gasteiger partial charge is 0.323 e. The molecule has 1 saturated heterocycles. The van der Waals surface area contributed by atoms with Crippen LogP contribution in [0.3, 0.4) is 0 Å². The maximum atomic E-state index is 14.0. The van der Waals surface area contributed by atoms with Gasteiger partial charge in [0.15, 0.2) is 11.5 Å². The first-order chi connectivity index (χ1) is 24.4. The number of carbonyl (C=O) groups is 1. The number of ether oxygens (including phenoxy) is 3. The van der Waals surface area contributed by atoms with Crippen molar-refractivity contribution in [3.05, 3.63) is 23.2 Å². The fraction of sp³-hybridized carbons (Fsp3) is 0.708. The highest BCUT2D eigenvalue weighted by molar-refractivity contribution is 5.76. The zero-order valence-corrected chi connectivity index (χ0v) is 16.1. The van der Waals surface area contributed by atoms with Crippen molar-refractivity contribution in [1.29, 1.82) is 0 Å². The first kappa shape index (κ1) is 6.61. The van der Waals surface area contributed by atoms with Crippen molar-refractivity contribution in [3.8, 4) is 11.5 Å². The molecule has 6 nitrogen and oxygen atoms in total. The number of piperidine rings is 1. The fourth-order valence-corrected chi connectivity index (χ4v) is 2.78. The Balaban J connectivity index is 2.73. The number of nitrogens with two attached hydrogens (primary N) is 1. The lowest BCUT2D eigenvalue weighted by Crippen LogP contribution is -2.51. The summed E-state index contributed by atoms with van der Waals surface area (Å²) in [5, 5.41) is 0. The SMILES string of the molecule is [2H]c1c2c(c([2H])c(OC)c1OC)C1([2H])N(CC2)C([2H])([2H])C([2H])(C([2H])([2H])C([2H])(C([2H])([2H])[2H])C([2H])([2H])[2H])C([2H])(OC(=O)[C@@]([2H])(N)C([2H])(C([2H])([2H])[2H])C([2H])([2H])[2H])C1([2H])[2H]. The van der Waals surface area contributed by atoms with Crippen LogP contribution in [0.5, 0.6) is 11.5 Å². The van der Waals surface area contributed by atoms with Crippen LogP contribution in [0.25, 0.3) is 0 Å². The first-order valence-electron chi connectivity index (χ1n) is 21.5. The third-order valence-electron chi connectivity index (χ3n) is 4.15. The van der Waals surface area contributed by atoms with Gasteiger partial charge in [-0.2, -0.15) is 0 Å². The van der Waals surface area contributed by atoms with E-state index in [-0.39, 0.29) is 4.90 Å². The van der Waals surface area contributed by atoms with E-state index in [0.29, 0.717) is 0 Å². The summed E-state index contributed by atoms with van der Waals surface area (Å²) >= 11 is 0. The van der Waals surface area contributed by atoms with Crippen LogP contribution in [-0.4, -0.2) is 50.2 Å². The molecule has 6 heteroatoms. The van der Waals surface area contributed by atoms with E-state index in [1.165, 1.54) is 0 Å². The molecule has 0 aromatic heterocycles. The molecule has 1 aromatic carbocycles. The van der Waals surface area contributed by atoms with Gasteiger partial charge in [0.2, 0.25) is 0 Å². The number of esters is 1. The highest BCUT2D eigenvalue weighted by atomic mass is 16.5. The number of rotatable bonds is 7. The Morgan fingerprint density at radius 3 is 2.80 bits per heavy atom. The van der Waals surface area contributed by atoms with Crippen molar-refractivity contribution in [2.75, 3.05) is 27.3 Å². The van der Waals surface area contributed by atoms with Crippen LogP contribution < -0.4 is 15.2 Å². The minimum atomic E-state index is -5.11. The molecule has 0 spiro atoms. The molecule has 0 bridgehead atoms. The maximum Gasteiger partial charge on any atom is 0.323 e. The molecule has 2 N–H and O–H groups in total. The Bertz CT molecular complexity index is 1720. The van der Waals surface area contributed by atoms with E-state index in [0.717, 1.165) is 14.2 Å². The van der Waals surface area contributed by atoms with Crippen LogP contribution in [0, 0.1) is 17.7 Å². The molecule has 4 atom stereocenters. The molecule has 2 aliphatic rings. The number of methoxy groups -OCH3 is 2. The zero-order valence-electron chi connectivity index (χ0n) is 42.1. The van der Waals surface area contributed by atoms with Crippen molar-refractivity contribution in [3.63, 3.8) is 0 Å². The van der Waals surface area contributed by atoms with E-state index in [2.05, 4.69) is 0 Å². The Morgan fingerprint density at radius 1 is 1.40 bits per heavy atom. The number of benzene rings is 1. The van der Waals surface area contributed by atoms with Crippen LogP contribution in [0.4, 0.5) is 0 Å². The number of hydrogen-bond acceptors (Lipinski definition) is 6. The topological polar surface area (TPSA) is 74.0 Å². The lowest BCUT2D eigenvalue weighted by atomic mass is 9.79. The molecule has 0 radical (unpaired) electrons. The Labute approximate surface area is 217 Å². The normalized spacial score (nSPS) is 52.2. The number of carbonyl (C=O) groups excluding carboxylic acids is 1. The number of nitrogens with zero attached hydrogens (tertiary/aromatic N) is 1. The minimum Gasteiger partial charge on any atom is -0.493 e. The Morgan fingerprint density at radius 2 is 2.13 bits per heavy atom. The summed E-state index contributed by atoms with van der Waals surface area (Å²) in [6.45, 7) is -23.0. The highest BCUT2D eigenvalue weighted by Crippen LogP contribution is 2.44. The van der Waals surface area contributed by atoms with E-state index in [4.69, 9.17) is 46.0 Å². The summed E-state index contributed by atoms with van der Waals surface area (Å²) in [6.07, 6.45) is -15.4. The average Bonchev–Trinajstić information content (AvgIpc) is 3.01. The van der Waals surface area contributed by atoms with Crippen LogP contribution in [0.1, 0.15) is 92.9 Å². The van der Waals surface area contributed by atoms with Gasteiger partial charge in [-0.15, -0.1) is 0 Å². The van der Waals surface area contributed by atoms with E-state index >= 15 is 0 Å². The predicted octanol–water partition coefficient (Wildman–Crippen LogP) is 3.56. The van der Waals surface area contributed by atoms with E-state index in [1.54, 1.807) is 0 Å². The lowest BCUT2D eigenvalue weighted by Gasteiger charge is -2.47. The van der Waals surface area contributed by atoms with Crippen molar-refractivity contribution in [1.82, 2.24) is 4.90 Å². The Kier molecular flexibility index (Phi) is 2.11. The molecule has 1 aromatic rings. The van der Waals surface area contributed by atoms with Gasteiger partial charge < -0.3 is 19.9 Å². The fourth-order valence-electron chi connectivity index (χ4n) is 2.78. The lowest BCUT2D eigenvalue weighted by molar-refractivity contribution is -0.160. The molecule has 2 heterocycles. The predicted molar refractivity (Wildman–Crippen MR) is 118 cm³/mol. The number of hydrogen-bond donors (Lipinski definition) is 1. The van der Waals surface area contributed by atoms with Crippen LogP contribution >= 0.6 is 0 Å². The van der Waals surface area contributed by atoms with Gasteiger partial charge in [-0.1, -0.05) is 27.4 Å². The third kappa shape index (κ3) is 4.75. The molecule has 30 heavy (non-hydrogen) atoms. The minimum absolute atomic E-state index is 0.0489. The molecule has 3 unspecified atom stereocenters. The molecule has 1 fully saturated rings. The molecule has 0 amide bonds. The summed E-state index contributed by atoms with van der Waals surface area (Å²) in [5.41, 5.74) is 4.02. The van der Waals surface area contributed by atoms with E-state index < -0.39 is 136 Å². The molecule has 0 aliphatic carbocycles. The third-order valence-corrected chi connectivity index (χ3v) is 4.15. The molecule has 0 saturated carbocycles. The zero-order chi connectivity index (χ0) is 44.7. The summed E-state index contributed by atoms with van der Waals surface area (Å²) in [5.74, 6) is -18.5. The molecular formula is C24H38N2O4. The molecule has 168 valence electrons. The van der Waals surface area contributed by atoms with Gasteiger partial charge in [0.25, 0.3) is 0 Å². The second kappa shape index (κ2) is 9.56. The van der Waals surface area contributed by atoms with Gasteiger partial charge in [0.05, 0.1) is 21.1 Å². The van der Waals surface area contributed by atoms with Crippen LogP contribution in [-0.2, 0) is 16.0 Å². The van der Waals surface area contributed by atoms with Crippen molar-refractivity contribution < 1.29 is 54.6 Å². The second-order valence-electron chi connectivity index (χ2n) is 6.04. The van der Waals surface area contributed by atoms with Gasteiger partial charge in [-0.25, -0.2) is 0 Å². The average molecular weight is 445 g/mol.